The minimum atomic E-state index is 0.809. The smallest absolute Gasteiger partial charge is 0.0426 e. The fourth-order valence-electron chi connectivity index (χ4n) is 2.57. The molecule has 1 N–H and O–H groups in total. The average molecular weight is 280 g/mol. The van der Waals surface area contributed by atoms with Gasteiger partial charge in [0, 0.05) is 25.3 Å². The van der Waals surface area contributed by atoms with Crippen molar-refractivity contribution in [2.75, 3.05) is 18.5 Å². The lowest BCUT2D eigenvalue weighted by Gasteiger charge is -2.19. The number of hydrogen-bond acceptors (Lipinski definition) is 2. The minimum absolute atomic E-state index is 0.809. The lowest BCUT2D eigenvalue weighted by Crippen LogP contribution is -2.19. The van der Waals surface area contributed by atoms with Crippen molar-refractivity contribution in [3.8, 4) is 0 Å². The molecule has 0 saturated heterocycles. The summed E-state index contributed by atoms with van der Waals surface area (Å²) in [4.78, 5) is 2.28. The van der Waals surface area contributed by atoms with Crippen LogP contribution in [-0.2, 0) is 13.0 Å². The molecule has 2 aromatic carbocycles. The van der Waals surface area contributed by atoms with Crippen molar-refractivity contribution in [2.24, 2.45) is 0 Å². The van der Waals surface area contributed by atoms with Crippen molar-refractivity contribution in [2.45, 2.75) is 31.8 Å². The summed E-state index contributed by atoms with van der Waals surface area (Å²) in [6, 6.07) is 20.4. The number of benzene rings is 2. The summed E-state index contributed by atoms with van der Waals surface area (Å²) in [5.41, 5.74) is 4.05. The third kappa shape index (κ3) is 4.33. The van der Waals surface area contributed by atoms with Gasteiger partial charge in [0.15, 0.2) is 0 Å². The second-order valence-electron chi connectivity index (χ2n) is 5.99. The molecule has 21 heavy (non-hydrogen) atoms. The van der Waals surface area contributed by atoms with Crippen molar-refractivity contribution in [3.63, 3.8) is 0 Å². The Bertz CT molecular complexity index is 544. The van der Waals surface area contributed by atoms with Gasteiger partial charge >= 0.3 is 0 Å². The molecule has 2 aromatic rings. The first-order valence-electron chi connectivity index (χ1n) is 7.88. The topological polar surface area (TPSA) is 15.3 Å². The van der Waals surface area contributed by atoms with Gasteiger partial charge in [-0.2, -0.15) is 0 Å². The van der Waals surface area contributed by atoms with E-state index in [1.54, 1.807) is 0 Å². The van der Waals surface area contributed by atoms with E-state index in [1.807, 2.05) is 0 Å². The number of rotatable bonds is 7. The predicted octanol–water partition coefficient (Wildman–Crippen LogP) is 3.62. The van der Waals surface area contributed by atoms with Crippen molar-refractivity contribution >= 4 is 5.69 Å². The van der Waals surface area contributed by atoms with Gasteiger partial charge in [0.1, 0.15) is 0 Å². The Hall–Kier alpha value is -1.80. The van der Waals surface area contributed by atoms with E-state index in [2.05, 4.69) is 71.9 Å². The van der Waals surface area contributed by atoms with Gasteiger partial charge in [-0.05, 0) is 49.1 Å². The van der Waals surface area contributed by atoms with Gasteiger partial charge in [-0.3, -0.25) is 0 Å². The Labute approximate surface area is 127 Å². The number of nitrogens with zero attached hydrogens (tertiary/aromatic N) is 1. The molecule has 0 amide bonds. The summed E-state index contributed by atoms with van der Waals surface area (Å²) in [5.74, 6) is 0. The Morgan fingerprint density at radius 2 is 1.62 bits per heavy atom. The SMILES string of the molecule is CN(Cc1ccc(CCNC2CC2)cc1)c1ccccc1. The molecule has 1 aliphatic carbocycles. The molecular weight excluding hydrogens is 256 g/mol. The highest BCUT2D eigenvalue weighted by Crippen LogP contribution is 2.18. The Kier molecular flexibility index (Phi) is 4.56. The standard InChI is InChI=1S/C19H24N2/c1-21(19-5-3-2-4-6-19)15-17-9-7-16(8-10-17)13-14-20-18-11-12-18/h2-10,18,20H,11-15H2,1H3. The third-order valence-electron chi connectivity index (χ3n) is 4.06. The molecular formula is C19H24N2. The third-order valence-corrected chi connectivity index (χ3v) is 4.06. The Balaban J connectivity index is 1.51. The van der Waals surface area contributed by atoms with Crippen molar-refractivity contribution < 1.29 is 0 Å². The summed E-state index contributed by atoms with van der Waals surface area (Å²) in [5, 5.41) is 3.57. The molecule has 0 unspecified atom stereocenters. The molecule has 0 radical (unpaired) electrons. The molecule has 0 atom stereocenters. The van der Waals surface area contributed by atoms with Crippen LogP contribution < -0.4 is 10.2 Å². The summed E-state index contributed by atoms with van der Waals surface area (Å²) >= 11 is 0. The van der Waals surface area contributed by atoms with Crippen molar-refractivity contribution in [3.05, 3.63) is 65.7 Å². The molecule has 0 aromatic heterocycles. The van der Waals surface area contributed by atoms with E-state index in [-0.39, 0.29) is 0 Å². The molecule has 3 rings (SSSR count). The number of nitrogens with one attached hydrogen (secondary N) is 1. The van der Waals surface area contributed by atoms with Crippen LogP contribution in [-0.4, -0.2) is 19.6 Å². The van der Waals surface area contributed by atoms with E-state index < -0.39 is 0 Å². The molecule has 1 fully saturated rings. The summed E-state index contributed by atoms with van der Waals surface area (Å²) in [7, 11) is 2.14. The monoisotopic (exact) mass is 280 g/mol. The van der Waals surface area contributed by atoms with Gasteiger partial charge in [0.2, 0.25) is 0 Å². The second kappa shape index (κ2) is 6.77. The van der Waals surface area contributed by atoms with E-state index in [4.69, 9.17) is 0 Å². The maximum Gasteiger partial charge on any atom is 0.0426 e. The lowest BCUT2D eigenvalue weighted by atomic mass is 10.1. The fourth-order valence-corrected chi connectivity index (χ4v) is 2.57. The van der Waals surface area contributed by atoms with Crippen LogP contribution in [0.5, 0.6) is 0 Å². The van der Waals surface area contributed by atoms with Crippen LogP contribution in [0.25, 0.3) is 0 Å². The van der Waals surface area contributed by atoms with Crippen LogP contribution in [0.4, 0.5) is 5.69 Å². The van der Waals surface area contributed by atoms with E-state index in [1.165, 1.54) is 29.7 Å². The fraction of sp³-hybridized carbons (Fsp3) is 0.368. The zero-order valence-electron chi connectivity index (χ0n) is 12.8. The molecule has 2 nitrogen and oxygen atoms in total. The van der Waals surface area contributed by atoms with Crippen LogP contribution in [0.15, 0.2) is 54.6 Å². The quantitative estimate of drug-likeness (QED) is 0.833. The van der Waals surface area contributed by atoms with Crippen molar-refractivity contribution in [1.29, 1.82) is 0 Å². The van der Waals surface area contributed by atoms with E-state index in [0.717, 1.165) is 25.6 Å². The van der Waals surface area contributed by atoms with E-state index in [9.17, 15) is 0 Å². The number of hydrogen-bond donors (Lipinski definition) is 1. The first-order chi connectivity index (χ1) is 10.3. The van der Waals surface area contributed by atoms with Gasteiger partial charge in [0.05, 0.1) is 0 Å². The van der Waals surface area contributed by atoms with Crippen LogP contribution in [0.1, 0.15) is 24.0 Å². The van der Waals surface area contributed by atoms with Gasteiger partial charge in [0.25, 0.3) is 0 Å². The first-order valence-corrected chi connectivity index (χ1v) is 7.88. The zero-order chi connectivity index (χ0) is 14.5. The lowest BCUT2D eigenvalue weighted by molar-refractivity contribution is 0.682. The van der Waals surface area contributed by atoms with Gasteiger partial charge in [-0.25, -0.2) is 0 Å². The summed E-state index contributed by atoms with van der Waals surface area (Å²) < 4.78 is 0. The second-order valence-corrected chi connectivity index (χ2v) is 5.99. The van der Waals surface area contributed by atoms with Crippen LogP contribution in [0.3, 0.4) is 0 Å². The predicted molar refractivity (Wildman–Crippen MR) is 89.7 cm³/mol. The number of anilines is 1. The number of para-hydroxylation sites is 1. The average Bonchev–Trinajstić information content (AvgIpc) is 3.34. The Morgan fingerprint density at radius 3 is 2.29 bits per heavy atom. The summed E-state index contributed by atoms with van der Waals surface area (Å²) in [6.07, 6.45) is 3.86. The highest BCUT2D eigenvalue weighted by Gasteiger charge is 2.19. The Morgan fingerprint density at radius 1 is 0.952 bits per heavy atom. The maximum absolute atomic E-state index is 3.57. The molecule has 1 aliphatic rings. The molecule has 110 valence electrons. The van der Waals surface area contributed by atoms with Gasteiger partial charge < -0.3 is 10.2 Å². The van der Waals surface area contributed by atoms with Crippen LogP contribution >= 0.6 is 0 Å². The highest BCUT2D eigenvalue weighted by atomic mass is 15.1. The van der Waals surface area contributed by atoms with Gasteiger partial charge in [-0.15, -0.1) is 0 Å². The first kappa shape index (κ1) is 14.2. The van der Waals surface area contributed by atoms with E-state index in [0.29, 0.717) is 0 Å². The van der Waals surface area contributed by atoms with Crippen molar-refractivity contribution in [1.82, 2.24) is 5.32 Å². The normalized spacial score (nSPS) is 14.1. The molecule has 1 saturated carbocycles. The van der Waals surface area contributed by atoms with Gasteiger partial charge in [-0.1, -0.05) is 42.5 Å². The molecule has 0 aliphatic heterocycles. The molecule has 2 heteroatoms. The summed E-state index contributed by atoms with van der Waals surface area (Å²) in [6.45, 7) is 2.05. The van der Waals surface area contributed by atoms with E-state index >= 15 is 0 Å². The molecule has 0 bridgehead atoms. The maximum atomic E-state index is 3.57. The zero-order valence-corrected chi connectivity index (χ0v) is 12.8. The van der Waals surface area contributed by atoms with Crippen LogP contribution in [0, 0.1) is 0 Å². The largest absolute Gasteiger partial charge is 0.370 e. The molecule has 0 heterocycles. The molecule has 0 spiro atoms. The van der Waals surface area contributed by atoms with Crippen LogP contribution in [0.2, 0.25) is 0 Å². The highest BCUT2D eigenvalue weighted by molar-refractivity contribution is 5.45. The minimum Gasteiger partial charge on any atom is -0.370 e.